The van der Waals surface area contributed by atoms with Crippen LogP contribution in [0.1, 0.15) is 28.2 Å². The number of nitrogens with zero attached hydrogens (tertiary/aromatic N) is 2. The molecule has 1 aromatic carbocycles. The number of likely N-dealkylation sites (tertiary alicyclic amines) is 1. The van der Waals surface area contributed by atoms with Crippen molar-refractivity contribution >= 4 is 28.6 Å². The Morgan fingerprint density at radius 2 is 2.11 bits per heavy atom. The summed E-state index contributed by atoms with van der Waals surface area (Å²) in [5, 5.41) is 1.01. The zero-order valence-electron chi connectivity index (χ0n) is 15.8. The third-order valence-corrected chi connectivity index (χ3v) is 7.23. The first-order valence-electron chi connectivity index (χ1n) is 9.56. The van der Waals surface area contributed by atoms with Crippen LogP contribution in [0.2, 0.25) is 0 Å². The summed E-state index contributed by atoms with van der Waals surface area (Å²) in [6, 6.07) is 13.7. The number of hydrogen-bond acceptors (Lipinski definition) is 5. The van der Waals surface area contributed by atoms with Gasteiger partial charge in [-0.05, 0) is 31.5 Å². The van der Waals surface area contributed by atoms with E-state index < -0.39 is 0 Å². The summed E-state index contributed by atoms with van der Waals surface area (Å²) < 4.78 is 12.0. The lowest BCUT2D eigenvalue weighted by Crippen LogP contribution is -2.60. The Labute approximate surface area is 168 Å². The summed E-state index contributed by atoms with van der Waals surface area (Å²) in [6.45, 7) is 4.02. The van der Waals surface area contributed by atoms with E-state index in [4.69, 9.17) is 9.15 Å². The smallest absolute Gasteiger partial charge is 0.289 e. The van der Waals surface area contributed by atoms with E-state index in [1.54, 1.807) is 6.20 Å². The first-order chi connectivity index (χ1) is 13.6. The highest BCUT2D eigenvalue weighted by atomic mass is 32.2. The topological polar surface area (TPSA) is 55.6 Å². The van der Waals surface area contributed by atoms with Gasteiger partial charge in [0.2, 0.25) is 0 Å². The lowest BCUT2D eigenvalue weighted by molar-refractivity contribution is 0.0234. The van der Waals surface area contributed by atoms with Gasteiger partial charge < -0.3 is 14.1 Å². The van der Waals surface area contributed by atoms with Crippen LogP contribution in [-0.2, 0) is 11.3 Å². The molecule has 2 saturated heterocycles. The Hall–Kier alpha value is -2.31. The van der Waals surface area contributed by atoms with Gasteiger partial charge in [-0.1, -0.05) is 24.3 Å². The summed E-state index contributed by atoms with van der Waals surface area (Å²) >= 11 is 1.93. The second kappa shape index (κ2) is 6.94. The van der Waals surface area contributed by atoms with Gasteiger partial charge in [-0.25, -0.2) is 0 Å². The van der Waals surface area contributed by atoms with Crippen LogP contribution in [0, 0.1) is 6.92 Å². The molecule has 1 atom stereocenters. The maximum Gasteiger partial charge on any atom is 0.289 e. The van der Waals surface area contributed by atoms with Gasteiger partial charge in [0.05, 0.1) is 23.2 Å². The molecule has 0 radical (unpaired) electrons. The second-order valence-corrected chi connectivity index (χ2v) is 9.15. The molecule has 1 amide bonds. The molecule has 28 heavy (non-hydrogen) atoms. The van der Waals surface area contributed by atoms with E-state index in [0.717, 1.165) is 47.5 Å². The molecule has 0 aliphatic carbocycles. The minimum atomic E-state index is -0.00206. The Bertz CT molecular complexity index is 1010. The Morgan fingerprint density at radius 1 is 1.29 bits per heavy atom. The van der Waals surface area contributed by atoms with Crippen LogP contribution < -0.4 is 0 Å². The number of hydrogen-bond donors (Lipinski definition) is 0. The van der Waals surface area contributed by atoms with Gasteiger partial charge in [-0.2, -0.15) is 0 Å². The van der Waals surface area contributed by atoms with E-state index >= 15 is 0 Å². The molecule has 144 valence electrons. The van der Waals surface area contributed by atoms with Gasteiger partial charge >= 0.3 is 0 Å². The van der Waals surface area contributed by atoms with Crippen molar-refractivity contribution in [3.8, 4) is 0 Å². The largest absolute Gasteiger partial charge is 0.451 e. The molecule has 2 aromatic heterocycles. The average molecular weight is 394 g/mol. The molecule has 5 nitrogen and oxygen atoms in total. The maximum absolute atomic E-state index is 12.9. The highest BCUT2D eigenvalue weighted by molar-refractivity contribution is 8.01. The Balaban J connectivity index is 1.20. The predicted molar refractivity (Wildman–Crippen MR) is 109 cm³/mol. The summed E-state index contributed by atoms with van der Waals surface area (Å²) in [6.07, 6.45) is 2.99. The number of para-hydroxylation sites is 1. The van der Waals surface area contributed by atoms with Gasteiger partial charge in [-0.15, -0.1) is 11.8 Å². The molecular weight excluding hydrogens is 372 g/mol. The number of fused-ring (bicyclic) bond motifs is 1. The molecule has 6 heteroatoms. The third kappa shape index (κ3) is 3.10. The van der Waals surface area contributed by atoms with E-state index in [0.29, 0.717) is 12.4 Å². The fourth-order valence-electron chi connectivity index (χ4n) is 4.13. The molecule has 1 spiro atoms. The summed E-state index contributed by atoms with van der Waals surface area (Å²) in [4.78, 5) is 19.1. The number of carbonyl (C=O) groups is 1. The molecule has 0 bridgehead atoms. The zero-order valence-corrected chi connectivity index (χ0v) is 16.6. The molecule has 2 aliphatic heterocycles. The molecule has 4 heterocycles. The van der Waals surface area contributed by atoms with Gasteiger partial charge in [0, 0.05) is 36.0 Å². The van der Waals surface area contributed by atoms with E-state index in [1.165, 1.54) is 0 Å². The van der Waals surface area contributed by atoms with Crippen molar-refractivity contribution in [1.29, 1.82) is 0 Å². The van der Waals surface area contributed by atoms with Crippen LogP contribution in [-0.4, -0.2) is 45.5 Å². The van der Waals surface area contributed by atoms with Crippen molar-refractivity contribution in [2.75, 3.05) is 18.8 Å². The molecule has 0 saturated carbocycles. The van der Waals surface area contributed by atoms with E-state index in [-0.39, 0.29) is 16.8 Å². The van der Waals surface area contributed by atoms with Crippen molar-refractivity contribution < 1.29 is 13.9 Å². The molecule has 0 unspecified atom stereocenters. The summed E-state index contributed by atoms with van der Waals surface area (Å²) in [7, 11) is 0. The first kappa shape index (κ1) is 17.8. The van der Waals surface area contributed by atoms with Crippen molar-refractivity contribution in [3.63, 3.8) is 0 Å². The number of aryl methyl sites for hydroxylation is 1. The number of aromatic nitrogens is 1. The third-order valence-electron chi connectivity index (χ3n) is 5.65. The number of ether oxygens (including phenoxy) is 1. The SMILES string of the molecule is Cc1c(C(=O)N2CC3(C[C@H](OCc4ccccn4)CS3)C2)oc2ccccc12. The molecule has 2 aliphatic rings. The number of furan rings is 1. The molecule has 5 rings (SSSR count). The maximum atomic E-state index is 12.9. The van der Waals surface area contributed by atoms with E-state index in [2.05, 4.69) is 4.98 Å². The van der Waals surface area contributed by atoms with Gasteiger partial charge in [-0.3, -0.25) is 9.78 Å². The lowest BCUT2D eigenvalue weighted by atomic mass is 9.92. The number of pyridine rings is 1. The van der Waals surface area contributed by atoms with Crippen LogP contribution in [0.5, 0.6) is 0 Å². The highest BCUT2D eigenvalue weighted by Crippen LogP contribution is 2.46. The second-order valence-electron chi connectivity index (χ2n) is 7.67. The van der Waals surface area contributed by atoms with Crippen molar-refractivity contribution in [3.05, 3.63) is 65.7 Å². The molecule has 3 aromatic rings. The van der Waals surface area contributed by atoms with Crippen molar-refractivity contribution in [2.24, 2.45) is 0 Å². The standard InChI is InChI=1S/C22H22N2O3S/c1-15-18-7-2-3-8-19(18)27-20(15)21(25)24-13-22(14-24)10-17(12-28-22)26-11-16-6-4-5-9-23-16/h2-9,17H,10-14H2,1H3/t17-/m0/s1. The quantitative estimate of drug-likeness (QED) is 0.668. The van der Waals surface area contributed by atoms with Crippen LogP contribution in [0.25, 0.3) is 11.0 Å². The van der Waals surface area contributed by atoms with Gasteiger partial charge in [0.25, 0.3) is 5.91 Å². The lowest BCUT2D eigenvalue weighted by Gasteiger charge is -2.47. The zero-order chi connectivity index (χ0) is 19.1. The van der Waals surface area contributed by atoms with Crippen LogP contribution >= 0.6 is 11.8 Å². The minimum absolute atomic E-state index is 0.00206. The molecular formula is C22H22N2O3S. The highest BCUT2D eigenvalue weighted by Gasteiger charge is 2.51. The fourth-order valence-corrected chi connectivity index (χ4v) is 5.68. The van der Waals surface area contributed by atoms with E-state index in [1.807, 2.05) is 66.1 Å². The normalized spacial score (nSPS) is 20.6. The van der Waals surface area contributed by atoms with Crippen LogP contribution in [0.15, 0.2) is 53.1 Å². The number of thioether (sulfide) groups is 1. The predicted octanol–water partition coefficient (Wildman–Crippen LogP) is 4.05. The molecule has 2 fully saturated rings. The van der Waals surface area contributed by atoms with E-state index in [9.17, 15) is 4.79 Å². The first-order valence-corrected chi connectivity index (χ1v) is 10.5. The Morgan fingerprint density at radius 3 is 2.89 bits per heavy atom. The number of amides is 1. The van der Waals surface area contributed by atoms with Crippen LogP contribution in [0.4, 0.5) is 0 Å². The van der Waals surface area contributed by atoms with Gasteiger partial charge in [0.15, 0.2) is 5.76 Å². The average Bonchev–Trinajstić information content (AvgIpc) is 3.28. The summed E-state index contributed by atoms with van der Waals surface area (Å²) in [5.74, 6) is 1.44. The number of benzene rings is 1. The fraction of sp³-hybridized carbons (Fsp3) is 0.364. The minimum Gasteiger partial charge on any atom is -0.451 e. The van der Waals surface area contributed by atoms with Crippen molar-refractivity contribution in [1.82, 2.24) is 9.88 Å². The molecule has 0 N–H and O–H groups in total. The number of carbonyl (C=O) groups excluding carboxylic acids is 1. The van der Waals surface area contributed by atoms with Crippen molar-refractivity contribution in [2.45, 2.75) is 30.8 Å². The van der Waals surface area contributed by atoms with Gasteiger partial charge in [0.1, 0.15) is 5.58 Å². The number of rotatable bonds is 4. The summed E-state index contributed by atoms with van der Waals surface area (Å²) in [5.41, 5.74) is 2.66. The Kier molecular flexibility index (Phi) is 4.40. The van der Waals surface area contributed by atoms with Crippen LogP contribution in [0.3, 0.4) is 0 Å². The monoisotopic (exact) mass is 394 g/mol.